The zero-order valence-corrected chi connectivity index (χ0v) is 16.3. The van der Waals surface area contributed by atoms with Gasteiger partial charge < -0.3 is 9.30 Å². The molecule has 25 heavy (non-hydrogen) atoms. The first-order valence-corrected chi connectivity index (χ1v) is 10.8. The summed E-state index contributed by atoms with van der Waals surface area (Å²) in [6, 6.07) is 8.07. The number of ether oxygens (including phenoxy) is 1. The molecular formula is C20H30N2O2P+. The van der Waals surface area contributed by atoms with Gasteiger partial charge in [-0.1, -0.05) is 43.2 Å². The SMILES string of the molecule is CCCCCCC(CC[P+](=O)c1cccc(OCC)c1)n1ccnc1. The predicted molar refractivity (Wildman–Crippen MR) is 104 cm³/mol. The highest BCUT2D eigenvalue weighted by molar-refractivity contribution is 7.53. The predicted octanol–water partition coefficient (Wildman–Crippen LogP) is 5.34. The first-order valence-electron chi connectivity index (χ1n) is 9.39. The fraction of sp³-hybridized carbons (Fsp3) is 0.550. The highest BCUT2D eigenvalue weighted by Gasteiger charge is 2.23. The lowest BCUT2D eigenvalue weighted by atomic mass is 10.1. The monoisotopic (exact) mass is 361 g/mol. The third-order valence-corrected chi connectivity index (χ3v) is 5.94. The summed E-state index contributed by atoms with van der Waals surface area (Å²) in [6.45, 7) is 4.82. The van der Waals surface area contributed by atoms with Gasteiger partial charge in [-0.2, -0.15) is 0 Å². The Bertz CT molecular complexity index is 628. The second kappa shape index (κ2) is 11.0. The summed E-state index contributed by atoms with van der Waals surface area (Å²) in [4.78, 5) is 4.18. The molecule has 136 valence electrons. The fourth-order valence-corrected chi connectivity index (χ4v) is 4.34. The van der Waals surface area contributed by atoms with Crippen molar-refractivity contribution >= 4 is 13.1 Å². The number of hydrogen-bond acceptors (Lipinski definition) is 3. The summed E-state index contributed by atoms with van der Waals surface area (Å²) in [7, 11) is -1.40. The van der Waals surface area contributed by atoms with Crippen molar-refractivity contribution < 1.29 is 9.30 Å². The number of unbranched alkanes of at least 4 members (excludes halogenated alkanes) is 3. The molecule has 0 spiro atoms. The molecule has 0 saturated heterocycles. The molecule has 0 bridgehead atoms. The van der Waals surface area contributed by atoms with Crippen LogP contribution in [0.15, 0.2) is 43.0 Å². The summed E-state index contributed by atoms with van der Waals surface area (Å²) in [6.07, 6.45) is 13.5. The number of benzene rings is 1. The fourth-order valence-electron chi connectivity index (χ4n) is 3.03. The average Bonchev–Trinajstić information content (AvgIpc) is 3.16. The van der Waals surface area contributed by atoms with Crippen molar-refractivity contribution in [2.45, 2.75) is 58.4 Å². The van der Waals surface area contributed by atoms with E-state index >= 15 is 0 Å². The second-order valence-electron chi connectivity index (χ2n) is 6.33. The first-order chi connectivity index (χ1) is 12.2. The Morgan fingerprint density at radius 2 is 2.08 bits per heavy atom. The van der Waals surface area contributed by atoms with Gasteiger partial charge in [-0.25, -0.2) is 4.98 Å². The largest absolute Gasteiger partial charge is 0.494 e. The van der Waals surface area contributed by atoms with E-state index in [4.69, 9.17) is 4.74 Å². The van der Waals surface area contributed by atoms with Crippen molar-refractivity contribution in [1.29, 1.82) is 0 Å². The smallest absolute Gasteiger partial charge is 0.377 e. The Hall–Kier alpha value is -1.67. The molecule has 4 nitrogen and oxygen atoms in total. The average molecular weight is 361 g/mol. The number of aromatic nitrogens is 2. The van der Waals surface area contributed by atoms with Gasteiger partial charge in [0.1, 0.15) is 5.75 Å². The highest BCUT2D eigenvalue weighted by Crippen LogP contribution is 2.29. The van der Waals surface area contributed by atoms with Crippen LogP contribution < -0.4 is 10.0 Å². The normalized spacial score (nSPS) is 12.8. The Morgan fingerprint density at radius 1 is 1.20 bits per heavy atom. The molecule has 2 rings (SSSR count). The zero-order valence-electron chi connectivity index (χ0n) is 15.4. The van der Waals surface area contributed by atoms with Gasteiger partial charge in [-0.3, -0.25) is 0 Å². The molecular weight excluding hydrogens is 331 g/mol. The molecule has 1 aromatic carbocycles. The van der Waals surface area contributed by atoms with Crippen molar-refractivity contribution in [3.8, 4) is 5.75 Å². The van der Waals surface area contributed by atoms with Crippen LogP contribution in [0.5, 0.6) is 5.75 Å². The van der Waals surface area contributed by atoms with Crippen LogP contribution in [0.1, 0.15) is 58.4 Å². The number of rotatable bonds is 12. The second-order valence-corrected chi connectivity index (χ2v) is 8.05. The van der Waals surface area contributed by atoms with E-state index in [1.165, 1.54) is 25.7 Å². The molecule has 0 aliphatic carbocycles. The van der Waals surface area contributed by atoms with Gasteiger partial charge in [0.2, 0.25) is 0 Å². The molecule has 1 aromatic heterocycles. The van der Waals surface area contributed by atoms with Crippen LogP contribution >= 0.6 is 7.80 Å². The molecule has 2 aromatic rings. The molecule has 0 aliphatic heterocycles. The molecule has 0 saturated carbocycles. The Morgan fingerprint density at radius 3 is 2.80 bits per heavy atom. The molecule has 2 unspecified atom stereocenters. The summed E-state index contributed by atoms with van der Waals surface area (Å²) >= 11 is 0. The van der Waals surface area contributed by atoms with Crippen LogP contribution in [0.3, 0.4) is 0 Å². The Kier molecular flexibility index (Phi) is 8.68. The third-order valence-electron chi connectivity index (χ3n) is 4.42. The summed E-state index contributed by atoms with van der Waals surface area (Å²) < 4.78 is 20.4. The lowest BCUT2D eigenvalue weighted by molar-refractivity contribution is 0.340. The van der Waals surface area contributed by atoms with E-state index in [1.807, 2.05) is 49.9 Å². The van der Waals surface area contributed by atoms with Crippen LogP contribution in [0.2, 0.25) is 0 Å². The lowest BCUT2D eigenvalue weighted by Gasteiger charge is -2.16. The van der Waals surface area contributed by atoms with Gasteiger partial charge in [0.15, 0.2) is 11.5 Å². The van der Waals surface area contributed by atoms with Gasteiger partial charge in [0.05, 0.1) is 12.9 Å². The van der Waals surface area contributed by atoms with Crippen molar-refractivity contribution in [2.75, 3.05) is 12.8 Å². The van der Waals surface area contributed by atoms with Crippen LogP contribution in [0.25, 0.3) is 0 Å². The van der Waals surface area contributed by atoms with Crippen molar-refractivity contribution in [3.63, 3.8) is 0 Å². The van der Waals surface area contributed by atoms with E-state index in [0.29, 0.717) is 18.8 Å². The van der Waals surface area contributed by atoms with Crippen LogP contribution in [0, 0.1) is 0 Å². The maximum absolute atomic E-state index is 12.7. The third kappa shape index (κ3) is 6.62. The van der Waals surface area contributed by atoms with Gasteiger partial charge in [-0.15, -0.1) is 0 Å². The van der Waals surface area contributed by atoms with Gasteiger partial charge >= 0.3 is 7.80 Å². The van der Waals surface area contributed by atoms with Gasteiger partial charge in [-0.05, 0) is 25.5 Å². The van der Waals surface area contributed by atoms with E-state index in [2.05, 4.69) is 16.5 Å². The lowest BCUT2D eigenvalue weighted by Crippen LogP contribution is -2.10. The van der Waals surface area contributed by atoms with E-state index in [0.717, 1.165) is 23.9 Å². The minimum absolute atomic E-state index is 0.383. The minimum atomic E-state index is -1.40. The maximum atomic E-state index is 12.7. The van der Waals surface area contributed by atoms with E-state index in [9.17, 15) is 4.57 Å². The number of hydrogen-bond donors (Lipinski definition) is 0. The minimum Gasteiger partial charge on any atom is -0.494 e. The molecule has 1 heterocycles. The Balaban J connectivity index is 1.92. The van der Waals surface area contributed by atoms with Gasteiger partial charge in [0.25, 0.3) is 0 Å². The molecule has 0 aliphatic rings. The zero-order chi connectivity index (χ0) is 17.9. The first kappa shape index (κ1) is 19.7. The van der Waals surface area contributed by atoms with E-state index in [1.54, 1.807) is 0 Å². The Labute approximate surface area is 152 Å². The molecule has 2 atom stereocenters. The molecule has 0 N–H and O–H groups in total. The summed E-state index contributed by atoms with van der Waals surface area (Å²) in [5.41, 5.74) is 0. The molecule has 0 amide bonds. The highest BCUT2D eigenvalue weighted by atomic mass is 31.1. The van der Waals surface area contributed by atoms with Crippen molar-refractivity contribution in [3.05, 3.63) is 43.0 Å². The maximum Gasteiger partial charge on any atom is 0.377 e. The standard InChI is InChI=1S/C20H30N2O2P/c1-3-5-6-7-9-18(22-14-13-21-17-22)12-15-25(23)20-11-8-10-19(16-20)24-4-2/h8,10-11,13-14,16-18H,3-7,9,12,15H2,1-2H3/q+1. The molecule has 5 heteroatoms. The number of nitrogens with zero attached hydrogens (tertiary/aromatic N) is 2. The van der Waals surface area contributed by atoms with E-state index in [-0.39, 0.29) is 0 Å². The van der Waals surface area contributed by atoms with Crippen LogP contribution in [0.4, 0.5) is 0 Å². The summed E-state index contributed by atoms with van der Waals surface area (Å²) in [5.74, 6) is 0.800. The van der Waals surface area contributed by atoms with Crippen molar-refractivity contribution in [1.82, 2.24) is 9.55 Å². The molecule has 0 fully saturated rings. The summed E-state index contributed by atoms with van der Waals surface area (Å²) in [5, 5.41) is 0.885. The van der Waals surface area contributed by atoms with Crippen LogP contribution in [-0.2, 0) is 4.57 Å². The quantitative estimate of drug-likeness (QED) is 0.379. The van der Waals surface area contributed by atoms with Crippen LogP contribution in [-0.4, -0.2) is 22.3 Å². The topological polar surface area (TPSA) is 44.1 Å². The number of imidazole rings is 1. The van der Waals surface area contributed by atoms with E-state index < -0.39 is 7.80 Å². The van der Waals surface area contributed by atoms with Crippen molar-refractivity contribution in [2.24, 2.45) is 0 Å². The molecule has 0 radical (unpaired) electrons. The van der Waals surface area contributed by atoms with Gasteiger partial charge in [0, 0.05) is 30.9 Å².